The molecule has 3 aliphatic heterocycles. The summed E-state index contributed by atoms with van der Waals surface area (Å²) in [6.45, 7) is 7.63. The van der Waals surface area contributed by atoms with Crippen LogP contribution in [0.3, 0.4) is 0 Å². The zero-order valence-corrected chi connectivity index (χ0v) is 21.8. The number of nitrogens with zero attached hydrogens (tertiary/aromatic N) is 1. The van der Waals surface area contributed by atoms with Gasteiger partial charge in [-0.2, -0.15) is 0 Å². The first-order valence-corrected chi connectivity index (χ1v) is 12.9. The number of ether oxygens (including phenoxy) is 3. The van der Waals surface area contributed by atoms with Crippen LogP contribution in [0.15, 0.2) is 48.1 Å². The van der Waals surface area contributed by atoms with Gasteiger partial charge >= 0.3 is 0 Å². The van der Waals surface area contributed by atoms with Crippen LogP contribution in [-0.2, 0) is 14.2 Å². The molecule has 6 heteroatoms. The third-order valence-corrected chi connectivity index (χ3v) is 7.92. The van der Waals surface area contributed by atoms with E-state index < -0.39 is 6.10 Å². The number of hydrogen-bond acceptors (Lipinski definition) is 6. The van der Waals surface area contributed by atoms with E-state index in [9.17, 15) is 9.90 Å². The van der Waals surface area contributed by atoms with Gasteiger partial charge in [-0.25, -0.2) is 0 Å². The zero-order valence-electron chi connectivity index (χ0n) is 21.8. The fourth-order valence-corrected chi connectivity index (χ4v) is 5.28. The highest BCUT2D eigenvalue weighted by atomic mass is 16.6. The average molecular weight is 484 g/mol. The highest BCUT2D eigenvalue weighted by Gasteiger charge is 2.55. The molecule has 35 heavy (non-hydrogen) atoms. The van der Waals surface area contributed by atoms with Crippen LogP contribution < -0.4 is 4.90 Å². The number of aliphatic hydroxyl groups excluding tert-OH is 1. The number of anilines is 1. The minimum atomic E-state index is -0.604. The first-order valence-electron chi connectivity index (χ1n) is 12.9. The zero-order chi connectivity index (χ0) is 25.2. The number of Topliss-reactive ketones (excluding diaryl/α,β-unsaturated/α-hetero) is 1. The molecule has 0 aliphatic carbocycles. The Balaban J connectivity index is 1.28. The number of hydrogen-bond donors (Lipinski definition) is 1. The molecule has 4 rings (SSSR count). The summed E-state index contributed by atoms with van der Waals surface area (Å²) in [5.41, 5.74) is 2.56. The Bertz CT molecular complexity index is 950. The largest absolute Gasteiger partial charge is 0.387 e. The molecule has 3 heterocycles. The van der Waals surface area contributed by atoms with Crippen molar-refractivity contribution in [1.82, 2.24) is 0 Å². The van der Waals surface area contributed by atoms with Gasteiger partial charge in [0, 0.05) is 38.2 Å². The highest BCUT2D eigenvalue weighted by molar-refractivity contribution is 5.97. The van der Waals surface area contributed by atoms with Gasteiger partial charge < -0.3 is 24.2 Å². The number of rotatable bonds is 8. The number of allylic oxidation sites excluding steroid dienone is 2. The van der Waals surface area contributed by atoms with Crippen molar-refractivity contribution < 1.29 is 24.1 Å². The molecule has 0 amide bonds. The van der Waals surface area contributed by atoms with Crippen molar-refractivity contribution in [1.29, 1.82) is 0 Å². The lowest BCUT2D eigenvalue weighted by molar-refractivity contribution is -0.0999. The summed E-state index contributed by atoms with van der Waals surface area (Å²) in [6, 6.07) is 7.84. The lowest BCUT2D eigenvalue weighted by atomic mass is 9.80. The van der Waals surface area contributed by atoms with Crippen molar-refractivity contribution in [2.24, 2.45) is 11.8 Å². The topological polar surface area (TPSA) is 71.5 Å². The van der Waals surface area contributed by atoms with Gasteiger partial charge in [0.2, 0.25) is 0 Å². The SMILES string of the molecule is CC(/C=C/[C@H]1OCC[C@@]2(CO2)[C@@H]1O)=C\C[C@@H]1O[C@H](C)[C@H](CC(=O)c2cccc(N(C)C)c2)C[C@@H]1C. The van der Waals surface area contributed by atoms with Crippen LogP contribution in [0.25, 0.3) is 0 Å². The summed E-state index contributed by atoms with van der Waals surface area (Å²) in [4.78, 5) is 15.0. The van der Waals surface area contributed by atoms with Crippen molar-refractivity contribution in [3.05, 3.63) is 53.6 Å². The Morgan fingerprint density at radius 2 is 2.06 bits per heavy atom. The van der Waals surface area contributed by atoms with E-state index in [0.717, 1.165) is 36.1 Å². The van der Waals surface area contributed by atoms with Gasteiger partial charge in [0.1, 0.15) is 17.8 Å². The Labute approximate surface area is 209 Å². The van der Waals surface area contributed by atoms with E-state index in [2.05, 4.69) is 26.8 Å². The lowest BCUT2D eigenvalue weighted by Gasteiger charge is -2.38. The van der Waals surface area contributed by atoms with E-state index in [4.69, 9.17) is 14.2 Å². The minimum absolute atomic E-state index is 0.0435. The number of benzene rings is 1. The Morgan fingerprint density at radius 3 is 2.77 bits per heavy atom. The molecule has 0 aromatic heterocycles. The van der Waals surface area contributed by atoms with Gasteiger partial charge in [0.15, 0.2) is 5.78 Å². The van der Waals surface area contributed by atoms with E-state index in [1.54, 1.807) is 0 Å². The fraction of sp³-hybridized carbons (Fsp3) is 0.621. The Morgan fingerprint density at radius 1 is 1.29 bits per heavy atom. The van der Waals surface area contributed by atoms with Crippen LogP contribution >= 0.6 is 0 Å². The van der Waals surface area contributed by atoms with Crippen LogP contribution in [0.2, 0.25) is 0 Å². The summed E-state index contributed by atoms with van der Waals surface area (Å²) in [5.74, 6) is 0.787. The maximum absolute atomic E-state index is 13.0. The second kappa shape index (κ2) is 11.0. The van der Waals surface area contributed by atoms with Crippen LogP contribution in [-0.4, -0.2) is 68.2 Å². The summed E-state index contributed by atoms with van der Waals surface area (Å²) >= 11 is 0. The van der Waals surface area contributed by atoms with Crippen molar-refractivity contribution in [3.8, 4) is 0 Å². The van der Waals surface area contributed by atoms with Crippen LogP contribution in [0.4, 0.5) is 5.69 Å². The molecular formula is C29H41NO5. The number of epoxide rings is 1. The Hall–Kier alpha value is -1.99. The predicted octanol–water partition coefficient (Wildman–Crippen LogP) is 4.57. The van der Waals surface area contributed by atoms with Crippen molar-refractivity contribution in [3.63, 3.8) is 0 Å². The van der Waals surface area contributed by atoms with E-state index in [1.807, 2.05) is 55.4 Å². The normalized spacial score (nSPS) is 35.4. The molecule has 0 unspecified atom stereocenters. The molecule has 3 aliphatic rings. The number of carbonyl (C=O) groups excluding carboxylic acids is 1. The van der Waals surface area contributed by atoms with Gasteiger partial charge in [0.05, 0.1) is 25.4 Å². The number of aliphatic hydroxyl groups is 1. The molecule has 6 nitrogen and oxygen atoms in total. The fourth-order valence-electron chi connectivity index (χ4n) is 5.28. The third kappa shape index (κ3) is 6.23. The van der Waals surface area contributed by atoms with E-state index >= 15 is 0 Å². The molecular weight excluding hydrogens is 442 g/mol. The second-order valence-electron chi connectivity index (χ2n) is 10.9. The van der Waals surface area contributed by atoms with E-state index in [0.29, 0.717) is 25.6 Å². The molecule has 3 fully saturated rings. The monoisotopic (exact) mass is 483 g/mol. The molecule has 0 saturated carbocycles. The Kier molecular flexibility index (Phi) is 8.16. The summed E-state index contributed by atoms with van der Waals surface area (Å²) in [7, 11) is 3.97. The number of carbonyl (C=O) groups is 1. The van der Waals surface area contributed by atoms with Crippen molar-refractivity contribution >= 4 is 11.5 Å². The highest BCUT2D eigenvalue weighted by Crippen LogP contribution is 2.40. The van der Waals surface area contributed by atoms with Gasteiger partial charge in [-0.05, 0) is 50.7 Å². The van der Waals surface area contributed by atoms with Gasteiger partial charge in [0.25, 0.3) is 0 Å². The van der Waals surface area contributed by atoms with Crippen molar-refractivity contribution in [2.45, 2.75) is 76.5 Å². The van der Waals surface area contributed by atoms with Gasteiger partial charge in [-0.1, -0.05) is 42.9 Å². The van der Waals surface area contributed by atoms with Crippen molar-refractivity contribution in [2.75, 3.05) is 32.2 Å². The second-order valence-corrected chi connectivity index (χ2v) is 10.9. The molecule has 1 aromatic carbocycles. The smallest absolute Gasteiger partial charge is 0.163 e. The molecule has 1 N–H and O–H groups in total. The van der Waals surface area contributed by atoms with Crippen LogP contribution in [0.1, 0.15) is 56.8 Å². The maximum atomic E-state index is 13.0. The summed E-state index contributed by atoms with van der Waals surface area (Å²) in [6.07, 6.45) is 8.50. The standard InChI is InChI=1S/C29H41NO5/c1-19(10-12-27-28(32)29(18-34-29)13-14-33-27)9-11-26-20(2)15-23(21(3)35-26)17-25(31)22-7-6-8-24(16-22)30(4)5/h6-10,12,16,20-21,23,26-28,32H,11,13-15,17-18H2,1-5H3/b12-10+,19-9+/t20-,21+,23-,26-,27+,28+,29+/m0/s1. The summed E-state index contributed by atoms with van der Waals surface area (Å²) in [5, 5.41) is 10.5. The van der Waals surface area contributed by atoms with Crippen LogP contribution in [0.5, 0.6) is 0 Å². The molecule has 3 saturated heterocycles. The molecule has 7 atom stereocenters. The first kappa shape index (κ1) is 26.1. The quantitative estimate of drug-likeness (QED) is 0.332. The lowest BCUT2D eigenvalue weighted by Crippen LogP contribution is -2.46. The van der Waals surface area contributed by atoms with E-state index in [1.165, 1.54) is 0 Å². The molecule has 0 bridgehead atoms. The molecule has 0 radical (unpaired) electrons. The molecule has 1 spiro atoms. The molecule has 192 valence electrons. The van der Waals surface area contributed by atoms with E-state index in [-0.39, 0.29) is 35.6 Å². The van der Waals surface area contributed by atoms with Gasteiger partial charge in [-0.15, -0.1) is 0 Å². The number of ketones is 1. The average Bonchev–Trinajstić information content (AvgIpc) is 3.61. The summed E-state index contributed by atoms with van der Waals surface area (Å²) < 4.78 is 17.6. The predicted molar refractivity (Wildman–Crippen MR) is 138 cm³/mol. The van der Waals surface area contributed by atoms with Crippen LogP contribution in [0, 0.1) is 11.8 Å². The minimum Gasteiger partial charge on any atom is -0.387 e. The first-order chi connectivity index (χ1) is 16.7. The maximum Gasteiger partial charge on any atom is 0.163 e. The van der Waals surface area contributed by atoms with Gasteiger partial charge in [-0.3, -0.25) is 4.79 Å². The third-order valence-electron chi connectivity index (χ3n) is 7.92. The molecule has 1 aromatic rings.